The van der Waals surface area contributed by atoms with Crippen LogP contribution in [0.1, 0.15) is 32.8 Å². The molecule has 1 aromatic rings. The fraction of sp³-hybridized carbons (Fsp3) is 0.650. The van der Waals surface area contributed by atoms with Gasteiger partial charge >= 0.3 is 0 Å². The van der Waals surface area contributed by atoms with Gasteiger partial charge in [-0.2, -0.15) is 0 Å². The van der Waals surface area contributed by atoms with Crippen LogP contribution < -0.4 is 4.74 Å². The lowest BCUT2D eigenvalue weighted by molar-refractivity contribution is -0.136. The number of carbonyl (C=O) groups is 1. The predicted octanol–water partition coefficient (Wildman–Crippen LogP) is 2.79. The molecule has 1 amide bonds. The zero-order chi connectivity index (χ0) is 18.2. The van der Waals surface area contributed by atoms with Crippen molar-refractivity contribution in [2.75, 3.05) is 40.0 Å². The molecule has 1 saturated heterocycles. The molecule has 1 atom stereocenters. The van der Waals surface area contributed by atoms with Crippen LogP contribution in [0.2, 0.25) is 0 Å². The van der Waals surface area contributed by atoms with Crippen LogP contribution in [0.5, 0.6) is 5.75 Å². The van der Waals surface area contributed by atoms with E-state index in [4.69, 9.17) is 9.47 Å². The number of benzene rings is 1. The summed E-state index contributed by atoms with van der Waals surface area (Å²) in [5.74, 6) is 1.21. The summed E-state index contributed by atoms with van der Waals surface area (Å²) in [5, 5.41) is 0. The molecule has 2 rings (SSSR count). The maximum absolute atomic E-state index is 13.0. The summed E-state index contributed by atoms with van der Waals surface area (Å²) in [5.41, 5.74) is 1.12. The molecule has 0 spiro atoms. The molecule has 0 unspecified atom stereocenters. The number of carbonyl (C=O) groups excluding carboxylic acids is 1. The molecular formula is C20H32N2O3. The molecule has 0 aromatic heterocycles. The second-order valence-corrected chi connectivity index (χ2v) is 6.90. The van der Waals surface area contributed by atoms with Crippen LogP contribution in [0.15, 0.2) is 24.3 Å². The second-order valence-electron chi connectivity index (χ2n) is 6.90. The molecule has 140 valence electrons. The Balaban J connectivity index is 2.01. The van der Waals surface area contributed by atoms with Crippen molar-refractivity contribution >= 4 is 5.91 Å². The molecule has 1 fully saturated rings. The summed E-state index contributed by atoms with van der Waals surface area (Å²) >= 11 is 0. The first-order valence-corrected chi connectivity index (χ1v) is 9.28. The molecule has 0 saturated carbocycles. The minimum atomic E-state index is 0.0990. The molecule has 5 heteroatoms. The number of nitrogens with zero attached hydrogens (tertiary/aromatic N) is 2. The van der Waals surface area contributed by atoms with Crippen molar-refractivity contribution in [1.29, 1.82) is 0 Å². The van der Waals surface area contributed by atoms with Crippen LogP contribution >= 0.6 is 0 Å². The van der Waals surface area contributed by atoms with Crippen LogP contribution in [0.4, 0.5) is 0 Å². The number of rotatable bonds is 9. The van der Waals surface area contributed by atoms with Crippen LogP contribution in [-0.2, 0) is 16.1 Å². The Morgan fingerprint density at radius 1 is 1.32 bits per heavy atom. The quantitative estimate of drug-likeness (QED) is 0.688. The minimum Gasteiger partial charge on any atom is -0.494 e. The number of methoxy groups -OCH3 is 1. The van der Waals surface area contributed by atoms with Crippen LogP contribution in [0, 0.1) is 5.92 Å². The summed E-state index contributed by atoms with van der Waals surface area (Å²) in [6.07, 6.45) is 0.948. The largest absolute Gasteiger partial charge is 0.494 e. The van der Waals surface area contributed by atoms with Gasteiger partial charge in [0.1, 0.15) is 5.75 Å². The van der Waals surface area contributed by atoms with E-state index in [0.29, 0.717) is 32.3 Å². The number of ether oxygens (including phenoxy) is 2. The highest BCUT2D eigenvalue weighted by Gasteiger charge is 2.32. The number of hydrogen-bond acceptors (Lipinski definition) is 4. The Morgan fingerprint density at radius 2 is 2.04 bits per heavy atom. The van der Waals surface area contributed by atoms with Crippen LogP contribution in [-0.4, -0.2) is 61.7 Å². The highest BCUT2D eigenvalue weighted by molar-refractivity contribution is 5.79. The minimum absolute atomic E-state index is 0.0990. The molecule has 0 radical (unpaired) electrons. The summed E-state index contributed by atoms with van der Waals surface area (Å²) in [6.45, 7) is 10.7. The average Bonchev–Trinajstić information content (AvgIpc) is 3.10. The van der Waals surface area contributed by atoms with E-state index in [0.717, 1.165) is 30.8 Å². The Kier molecular flexibility index (Phi) is 7.72. The van der Waals surface area contributed by atoms with E-state index >= 15 is 0 Å². The molecule has 1 aliphatic rings. The first-order valence-electron chi connectivity index (χ1n) is 9.28. The first-order chi connectivity index (χ1) is 12.0. The Hall–Kier alpha value is -1.59. The molecule has 0 N–H and O–H groups in total. The Morgan fingerprint density at radius 3 is 2.60 bits per heavy atom. The van der Waals surface area contributed by atoms with Crippen molar-refractivity contribution in [1.82, 2.24) is 9.80 Å². The summed E-state index contributed by atoms with van der Waals surface area (Å²) in [4.78, 5) is 17.3. The normalized spacial score (nSPS) is 17.9. The zero-order valence-electron chi connectivity index (χ0n) is 16.0. The van der Waals surface area contributed by atoms with Crippen molar-refractivity contribution in [3.8, 4) is 5.75 Å². The lowest BCUT2D eigenvalue weighted by Crippen LogP contribution is -2.39. The van der Waals surface area contributed by atoms with Gasteiger partial charge in [-0.05, 0) is 51.4 Å². The molecule has 25 heavy (non-hydrogen) atoms. The van der Waals surface area contributed by atoms with Crippen molar-refractivity contribution < 1.29 is 14.3 Å². The lowest BCUT2D eigenvalue weighted by atomic mass is 10.1. The van der Waals surface area contributed by atoms with Crippen molar-refractivity contribution in [2.45, 2.75) is 39.8 Å². The maximum atomic E-state index is 13.0. The molecular weight excluding hydrogens is 316 g/mol. The topological polar surface area (TPSA) is 42.0 Å². The molecule has 0 bridgehead atoms. The fourth-order valence-electron chi connectivity index (χ4n) is 3.26. The van der Waals surface area contributed by atoms with E-state index in [9.17, 15) is 4.79 Å². The van der Waals surface area contributed by atoms with Crippen molar-refractivity contribution in [3.63, 3.8) is 0 Å². The van der Waals surface area contributed by atoms with E-state index in [1.165, 1.54) is 0 Å². The van der Waals surface area contributed by atoms with Crippen molar-refractivity contribution in [2.24, 2.45) is 5.92 Å². The van der Waals surface area contributed by atoms with Gasteiger partial charge in [0.05, 0.1) is 19.1 Å². The number of amides is 1. The molecule has 1 heterocycles. The maximum Gasteiger partial charge on any atom is 0.227 e. The zero-order valence-corrected chi connectivity index (χ0v) is 16.0. The monoisotopic (exact) mass is 348 g/mol. The van der Waals surface area contributed by atoms with Gasteiger partial charge in [0, 0.05) is 32.8 Å². The van der Waals surface area contributed by atoms with Gasteiger partial charge in [-0.15, -0.1) is 0 Å². The van der Waals surface area contributed by atoms with Gasteiger partial charge in [0.25, 0.3) is 0 Å². The van der Waals surface area contributed by atoms with Gasteiger partial charge in [-0.3, -0.25) is 4.79 Å². The van der Waals surface area contributed by atoms with E-state index in [-0.39, 0.29) is 11.8 Å². The summed E-state index contributed by atoms with van der Waals surface area (Å²) < 4.78 is 10.7. The predicted molar refractivity (Wildman–Crippen MR) is 99.7 cm³/mol. The lowest BCUT2D eigenvalue weighted by Gasteiger charge is -2.26. The summed E-state index contributed by atoms with van der Waals surface area (Å²) in [7, 11) is 1.68. The molecule has 0 aliphatic carbocycles. The Bertz CT molecular complexity index is 530. The van der Waals surface area contributed by atoms with E-state index in [1.807, 2.05) is 36.1 Å². The van der Waals surface area contributed by atoms with Crippen molar-refractivity contribution in [3.05, 3.63) is 29.8 Å². The fourth-order valence-corrected chi connectivity index (χ4v) is 3.26. The third-order valence-corrected chi connectivity index (χ3v) is 4.78. The second kappa shape index (κ2) is 9.78. The van der Waals surface area contributed by atoms with Gasteiger partial charge < -0.3 is 19.3 Å². The highest BCUT2D eigenvalue weighted by Crippen LogP contribution is 2.22. The third-order valence-electron chi connectivity index (χ3n) is 4.78. The SMILES string of the molecule is CCOc1ccc(CN(CCOC)C(=O)[C@H]2CCN(C(C)C)C2)cc1. The number of likely N-dealkylation sites (tertiary alicyclic amines) is 1. The van der Waals surface area contributed by atoms with Gasteiger partial charge in [-0.1, -0.05) is 12.1 Å². The molecule has 1 aromatic carbocycles. The highest BCUT2D eigenvalue weighted by atomic mass is 16.5. The third kappa shape index (κ3) is 5.72. The van der Waals surface area contributed by atoms with Crippen LogP contribution in [0.25, 0.3) is 0 Å². The Labute approximate surface area is 151 Å². The number of hydrogen-bond donors (Lipinski definition) is 0. The van der Waals surface area contributed by atoms with Gasteiger partial charge in [0.15, 0.2) is 0 Å². The molecule has 1 aliphatic heterocycles. The van der Waals surface area contributed by atoms with E-state index in [2.05, 4.69) is 18.7 Å². The van der Waals surface area contributed by atoms with Crippen LogP contribution in [0.3, 0.4) is 0 Å². The van der Waals surface area contributed by atoms with Gasteiger partial charge in [-0.25, -0.2) is 0 Å². The van der Waals surface area contributed by atoms with E-state index in [1.54, 1.807) is 7.11 Å². The summed E-state index contributed by atoms with van der Waals surface area (Å²) in [6, 6.07) is 8.50. The van der Waals surface area contributed by atoms with Gasteiger partial charge in [0.2, 0.25) is 5.91 Å². The average molecular weight is 348 g/mol. The van der Waals surface area contributed by atoms with E-state index < -0.39 is 0 Å². The smallest absolute Gasteiger partial charge is 0.227 e. The standard InChI is InChI=1S/C20H32N2O3/c1-5-25-19-8-6-17(7-9-19)14-22(12-13-24-4)20(23)18-10-11-21(15-18)16(2)3/h6-9,16,18H,5,10-15H2,1-4H3/t18-/m0/s1. The molecule has 5 nitrogen and oxygen atoms in total. The first kappa shape index (κ1) is 19.7.